The highest BCUT2D eigenvalue weighted by Gasteiger charge is 2.13. The lowest BCUT2D eigenvalue weighted by Gasteiger charge is -2.02. The Labute approximate surface area is 127 Å². The highest BCUT2D eigenvalue weighted by Crippen LogP contribution is 2.43. The minimum absolute atomic E-state index is 0.202. The van der Waals surface area contributed by atoms with Crippen LogP contribution in [0.2, 0.25) is 0 Å². The third-order valence-electron chi connectivity index (χ3n) is 2.81. The van der Waals surface area contributed by atoms with Gasteiger partial charge < -0.3 is 0 Å². The summed E-state index contributed by atoms with van der Waals surface area (Å²) >= 11 is 7.00. The standard InChI is InChI=1S/C15H10BrFS2/c1-9-6-13(18-8-9)15-12(7-14(16)19-15)10-2-4-11(17)5-3-10/h2-8H,1H3. The summed E-state index contributed by atoms with van der Waals surface area (Å²) < 4.78 is 14.1. The summed E-state index contributed by atoms with van der Waals surface area (Å²) in [5, 5.41) is 2.15. The monoisotopic (exact) mass is 352 g/mol. The second kappa shape index (κ2) is 5.19. The van der Waals surface area contributed by atoms with Crippen LogP contribution in [0.1, 0.15) is 5.56 Å². The van der Waals surface area contributed by atoms with Gasteiger partial charge in [-0.3, -0.25) is 0 Å². The molecular weight excluding hydrogens is 343 g/mol. The molecule has 0 saturated carbocycles. The lowest BCUT2D eigenvalue weighted by atomic mass is 10.1. The van der Waals surface area contributed by atoms with E-state index in [2.05, 4.69) is 40.4 Å². The summed E-state index contributed by atoms with van der Waals surface area (Å²) in [5.74, 6) is -0.202. The first kappa shape index (κ1) is 13.0. The molecule has 1 aromatic carbocycles. The van der Waals surface area contributed by atoms with E-state index >= 15 is 0 Å². The number of benzene rings is 1. The molecule has 0 nitrogen and oxygen atoms in total. The van der Waals surface area contributed by atoms with Gasteiger partial charge in [0.1, 0.15) is 5.82 Å². The van der Waals surface area contributed by atoms with Gasteiger partial charge in [0, 0.05) is 10.4 Å². The van der Waals surface area contributed by atoms with E-state index in [1.165, 1.54) is 27.5 Å². The first-order chi connectivity index (χ1) is 9.13. The molecule has 4 heteroatoms. The molecule has 19 heavy (non-hydrogen) atoms. The largest absolute Gasteiger partial charge is 0.207 e. The molecule has 96 valence electrons. The smallest absolute Gasteiger partial charge is 0.123 e. The molecule has 2 aromatic heterocycles. The van der Waals surface area contributed by atoms with Crippen molar-refractivity contribution in [2.45, 2.75) is 6.92 Å². The number of aryl methyl sites for hydroxylation is 1. The van der Waals surface area contributed by atoms with E-state index in [1.54, 1.807) is 22.7 Å². The van der Waals surface area contributed by atoms with Gasteiger partial charge in [0.2, 0.25) is 0 Å². The van der Waals surface area contributed by atoms with Crippen molar-refractivity contribution < 1.29 is 4.39 Å². The van der Waals surface area contributed by atoms with E-state index in [-0.39, 0.29) is 5.82 Å². The van der Waals surface area contributed by atoms with Gasteiger partial charge in [-0.05, 0) is 63.6 Å². The van der Waals surface area contributed by atoms with Crippen molar-refractivity contribution in [3.63, 3.8) is 0 Å². The van der Waals surface area contributed by atoms with Gasteiger partial charge in [-0.15, -0.1) is 22.7 Å². The molecule has 0 unspecified atom stereocenters. The van der Waals surface area contributed by atoms with Crippen molar-refractivity contribution >= 4 is 38.6 Å². The first-order valence-corrected chi connectivity index (χ1v) is 8.23. The fourth-order valence-electron chi connectivity index (χ4n) is 1.94. The fourth-order valence-corrected chi connectivity index (χ4v) is 4.59. The Morgan fingerprint density at radius 1 is 1.11 bits per heavy atom. The van der Waals surface area contributed by atoms with E-state index in [9.17, 15) is 4.39 Å². The molecule has 0 bridgehead atoms. The third kappa shape index (κ3) is 2.66. The lowest BCUT2D eigenvalue weighted by molar-refractivity contribution is 0.628. The van der Waals surface area contributed by atoms with E-state index in [4.69, 9.17) is 0 Å². The Morgan fingerprint density at radius 3 is 2.47 bits per heavy atom. The molecular formula is C15H10BrFS2. The second-order valence-corrected chi connectivity index (χ2v) is 7.63. The Morgan fingerprint density at radius 2 is 1.84 bits per heavy atom. The Balaban J connectivity index is 2.14. The lowest BCUT2D eigenvalue weighted by Crippen LogP contribution is -1.78. The Bertz CT molecular complexity index is 710. The van der Waals surface area contributed by atoms with Crippen LogP contribution < -0.4 is 0 Å². The van der Waals surface area contributed by atoms with Crippen LogP contribution in [0.25, 0.3) is 20.9 Å². The summed E-state index contributed by atoms with van der Waals surface area (Å²) in [7, 11) is 0. The van der Waals surface area contributed by atoms with Crippen LogP contribution in [0.15, 0.2) is 45.6 Å². The highest BCUT2D eigenvalue weighted by molar-refractivity contribution is 9.11. The maximum atomic E-state index is 13.0. The molecule has 0 saturated heterocycles. The summed E-state index contributed by atoms with van der Waals surface area (Å²) in [4.78, 5) is 2.49. The van der Waals surface area contributed by atoms with Gasteiger partial charge in [0.05, 0.1) is 8.66 Å². The van der Waals surface area contributed by atoms with Crippen molar-refractivity contribution in [1.82, 2.24) is 0 Å². The van der Waals surface area contributed by atoms with Crippen molar-refractivity contribution in [1.29, 1.82) is 0 Å². The fraction of sp³-hybridized carbons (Fsp3) is 0.0667. The number of hydrogen-bond donors (Lipinski definition) is 0. The molecule has 3 rings (SSSR count). The van der Waals surface area contributed by atoms with Gasteiger partial charge in [0.15, 0.2) is 0 Å². The molecule has 0 atom stereocenters. The number of halogens is 2. The van der Waals surface area contributed by atoms with Gasteiger partial charge in [0.25, 0.3) is 0 Å². The number of thiophene rings is 2. The maximum Gasteiger partial charge on any atom is 0.123 e. The molecule has 0 radical (unpaired) electrons. The van der Waals surface area contributed by atoms with Crippen LogP contribution in [0.4, 0.5) is 4.39 Å². The van der Waals surface area contributed by atoms with Crippen LogP contribution in [-0.4, -0.2) is 0 Å². The Hall–Kier alpha value is -0.970. The normalized spacial score (nSPS) is 10.9. The summed E-state index contributed by atoms with van der Waals surface area (Å²) in [6.07, 6.45) is 0. The molecule has 0 amide bonds. The predicted molar refractivity (Wildman–Crippen MR) is 85.5 cm³/mol. The molecule has 0 fully saturated rings. The molecule has 0 aliphatic rings. The second-order valence-electron chi connectivity index (χ2n) is 4.29. The van der Waals surface area contributed by atoms with E-state index in [1.807, 2.05) is 12.1 Å². The minimum Gasteiger partial charge on any atom is -0.207 e. The number of hydrogen-bond acceptors (Lipinski definition) is 2. The van der Waals surface area contributed by atoms with Crippen LogP contribution in [0.3, 0.4) is 0 Å². The molecule has 0 N–H and O–H groups in total. The predicted octanol–water partition coefficient (Wildman–Crippen LogP) is 6.35. The SMILES string of the molecule is Cc1csc(-c2sc(Br)cc2-c2ccc(F)cc2)c1. The first-order valence-electron chi connectivity index (χ1n) is 5.74. The highest BCUT2D eigenvalue weighted by atomic mass is 79.9. The van der Waals surface area contributed by atoms with E-state index in [0.717, 1.165) is 14.9 Å². The minimum atomic E-state index is -0.202. The van der Waals surface area contributed by atoms with Crippen molar-refractivity contribution in [3.8, 4) is 20.9 Å². The third-order valence-corrected chi connectivity index (χ3v) is 5.68. The average Bonchev–Trinajstić information content (AvgIpc) is 2.96. The zero-order valence-corrected chi connectivity index (χ0v) is 13.3. The molecule has 0 spiro atoms. The molecule has 3 aromatic rings. The van der Waals surface area contributed by atoms with Gasteiger partial charge >= 0.3 is 0 Å². The summed E-state index contributed by atoms with van der Waals surface area (Å²) in [6.45, 7) is 2.10. The topological polar surface area (TPSA) is 0 Å². The molecule has 2 heterocycles. The van der Waals surface area contributed by atoms with Crippen LogP contribution in [0, 0.1) is 12.7 Å². The van der Waals surface area contributed by atoms with Crippen LogP contribution in [0.5, 0.6) is 0 Å². The maximum absolute atomic E-state index is 13.0. The van der Waals surface area contributed by atoms with Gasteiger partial charge in [-0.25, -0.2) is 4.39 Å². The van der Waals surface area contributed by atoms with Gasteiger partial charge in [-0.2, -0.15) is 0 Å². The quantitative estimate of drug-likeness (QED) is 0.503. The van der Waals surface area contributed by atoms with Gasteiger partial charge in [-0.1, -0.05) is 12.1 Å². The Kier molecular flexibility index (Phi) is 3.56. The van der Waals surface area contributed by atoms with E-state index in [0.29, 0.717) is 0 Å². The van der Waals surface area contributed by atoms with Crippen LogP contribution >= 0.6 is 38.6 Å². The number of rotatable bonds is 2. The van der Waals surface area contributed by atoms with E-state index < -0.39 is 0 Å². The van der Waals surface area contributed by atoms with Crippen molar-refractivity contribution in [2.24, 2.45) is 0 Å². The average molecular weight is 353 g/mol. The zero-order valence-electron chi connectivity index (χ0n) is 10.1. The summed E-state index contributed by atoms with van der Waals surface area (Å²) in [5.41, 5.74) is 3.47. The zero-order chi connectivity index (χ0) is 13.4. The van der Waals surface area contributed by atoms with Crippen molar-refractivity contribution in [3.05, 3.63) is 56.9 Å². The summed E-state index contributed by atoms with van der Waals surface area (Å²) in [6, 6.07) is 11.0. The van der Waals surface area contributed by atoms with Crippen LogP contribution in [-0.2, 0) is 0 Å². The molecule has 0 aliphatic heterocycles. The molecule has 0 aliphatic carbocycles. The van der Waals surface area contributed by atoms with Crippen molar-refractivity contribution in [2.75, 3.05) is 0 Å².